The molecule has 36 heavy (non-hydrogen) atoms. The lowest BCUT2D eigenvalue weighted by atomic mass is 9.68. The number of fused-ring (bicyclic) bond motifs is 5. The monoisotopic (exact) mass is 496 g/mol. The number of ether oxygens (including phenoxy) is 6. The fourth-order valence-electron chi connectivity index (χ4n) is 5.20. The summed E-state index contributed by atoms with van der Waals surface area (Å²) < 4.78 is 33.3. The van der Waals surface area contributed by atoms with E-state index in [0.29, 0.717) is 28.2 Å². The summed E-state index contributed by atoms with van der Waals surface area (Å²) in [5.74, 6) is -1.18. The Morgan fingerprint density at radius 3 is 1.97 bits per heavy atom. The highest BCUT2D eigenvalue weighted by Gasteiger charge is 2.68. The van der Waals surface area contributed by atoms with E-state index in [1.165, 1.54) is 28.4 Å². The highest BCUT2D eigenvalue weighted by atomic mass is 16.6. The smallest absolute Gasteiger partial charge is 0.338 e. The fraction of sp³-hybridized carbons (Fsp3) is 0.370. The van der Waals surface area contributed by atoms with Crippen LogP contribution in [0.15, 0.2) is 53.6 Å². The van der Waals surface area contributed by atoms with E-state index in [0.717, 1.165) is 0 Å². The maximum atomic E-state index is 13.4. The quantitative estimate of drug-likeness (QED) is 0.382. The van der Waals surface area contributed by atoms with E-state index in [4.69, 9.17) is 28.4 Å². The van der Waals surface area contributed by atoms with Gasteiger partial charge >= 0.3 is 17.9 Å². The Bertz CT molecular complexity index is 1230. The molecular weight excluding hydrogens is 468 g/mol. The molecule has 0 amide bonds. The Hall–Kier alpha value is -3.85. The summed E-state index contributed by atoms with van der Waals surface area (Å²) in [7, 11) is 5.45. The van der Waals surface area contributed by atoms with Gasteiger partial charge in [-0.25, -0.2) is 9.59 Å². The van der Waals surface area contributed by atoms with Gasteiger partial charge in [-0.1, -0.05) is 30.3 Å². The van der Waals surface area contributed by atoms with Crippen LogP contribution in [0.4, 0.5) is 0 Å². The lowest BCUT2D eigenvalue weighted by Crippen LogP contribution is -2.35. The molecule has 2 heterocycles. The molecule has 2 aromatic rings. The van der Waals surface area contributed by atoms with Crippen molar-refractivity contribution >= 4 is 17.9 Å². The molecule has 0 aliphatic carbocycles. The molecule has 9 heteroatoms. The maximum absolute atomic E-state index is 13.4. The van der Waals surface area contributed by atoms with Crippen molar-refractivity contribution in [3.05, 3.63) is 70.3 Å². The fourth-order valence-corrected chi connectivity index (χ4v) is 5.20. The molecule has 2 bridgehead atoms. The van der Waals surface area contributed by atoms with Crippen LogP contribution in [0.1, 0.15) is 36.5 Å². The Morgan fingerprint density at radius 2 is 1.42 bits per heavy atom. The molecule has 0 spiro atoms. The van der Waals surface area contributed by atoms with Crippen LogP contribution in [-0.4, -0.2) is 53.0 Å². The van der Waals surface area contributed by atoms with Crippen molar-refractivity contribution in [2.24, 2.45) is 0 Å². The predicted octanol–water partition coefficient (Wildman–Crippen LogP) is 3.17. The van der Waals surface area contributed by atoms with Crippen LogP contribution in [0.25, 0.3) is 0 Å². The van der Waals surface area contributed by atoms with E-state index in [2.05, 4.69) is 0 Å². The van der Waals surface area contributed by atoms with Crippen LogP contribution in [0.2, 0.25) is 0 Å². The average molecular weight is 497 g/mol. The normalized spacial score (nSPS) is 21.6. The van der Waals surface area contributed by atoms with Crippen LogP contribution in [0.3, 0.4) is 0 Å². The molecule has 2 aromatic carbocycles. The van der Waals surface area contributed by atoms with Crippen LogP contribution in [0, 0.1) is 0 Å². The molecule has 2 atom stereocenters. The van der Waals surface area contributed by atoms with Crippen molar-refractivity contribution in [3.8, 4) is 11.5 Å². The summed E-state index contributed by atoms with van der Waals surface area (Å²) in [4.78, 5) is 39.1. The van der Waals surface area contributed by atoms with Crippen molar-refractivity contribution in [3.63, 3.8) is 0 Å². The molecule has 190 valence electrons. The Balaban J connectivity index is 2.11. The largest absolute Gasteiger partial charge is 0.493 e. The molecule has 0 saturated heterocycles. The first-order chi connectivity index (χ1) is 17.3. The minimum Gasteiger partial charge on any atom is -0.493 e. The minimum absolute atomic E-state index is 0.00775. The van der Waals surface area contributed by atoms with Gasteiger partial charge < -0.3 is 28.4 Å². The molecule has 2 aliphatic heterocycles. The summed E-state index contributed by atoms with van der Waals surface area (Å²) in [6.45, 7) is 1.91. The lowest BCUT2D eigenvalue weighted by Gasteiger charge is -2.31. The third-order valence-corrected chi connectivity index (χ3v) is 6.62. The zero-order chi connectivity index (χ0) is 26.1. The van der Waals surface area contributed by atoms with E-state index in [1.807, 2.05) is 6.07 Å². The number of hydrogen-bond donors (Lipinski definition) is 0. The minimum atomic E-state index is -1.53. The third-order valence-electron chi connectivity index (χ3n) is 6.62. The van der Waals surface area contributed by atoms with Crippen molar-refractivity contribution in [2.45, 2.75) is 31.0 Å². The van der Waals surface area contributed by atoms with Gasteiger partial charge in [0.1, 0.15) is 5.60 Å². The standard InChI is InChI=1S/C27H28O9/c1-6-35-21(28)12-13-26-17-14-19(31-2)20(32-3)15-18(17)27(36-26,16-10-8-7-9-11-16)23(25(30)34-5)22(26)24(29)33-4/h7-11,14-15H,6,12-13H2,1-5H3/t26-,27+/m1/s1. The lowest BCUT2D eigenvalue weighted by molar-refractivity contribution is -0.148. The Morgan fingerprint density at radius 1 is 0.833 bits per heavy atom. The topological polar surface area (TPSA) is 107 Å². The zero-order valence-corrected chi connectivity index (χ0v) is 20.8. The average Bonchev–Trinajstić information content (AvgIpc) is 3.38. The first-order valence-corrected chi connectivity index (χ1v) is 11.4. The number of methoxy groups -OCH3 is 4. The molecule has 2 aliphatic rings. The van der Waals surface area contributed by atoms with E-state index < -0.39 is 29.1 Å². The molecule has 0 fully saturated rings. The van der Waals surface area contributed by atoms with Gasteiger partial charge in [-0.3, -0.25) is 4.79 Å². The van der Waals surface area contributed by atoms with Gasteiger partial charge in [0.15, 0.2) is 17.1 Å². The van der Waals surface area contributed by atoms with Crippen LogP contribution in [-0.2, 0) is 44.5 Å². The second-order valence-electron chi connectivity index (χ2n) is 8.27. The highest BCUT2D eigenvalue weighted by molar-refractivity contribution is 6.07. The first kappa shape index (κ1) is 25.2. The van der Waals surface area contributed by atoms with Gasteiger partial charge in [0.25, 0.3) is 0 Å². The number of rotatable bonds is 9. The molecule has 0 radical (unpaired) electrons. The summed E-state index contributed by atoms with van der Waals surface area (Å²) in [5, 5.41) is 0. The molecule has 0 aromatic heterocycles. The first-order valence-electron chi connectivity index (χ1n) is 11.4. The molecule has 4 rings (SSSR count). The number of esters is 3. The second-order valence-corrected chi connectivity index (χ2v) is 8.27. The van der Waals surface area contributed by atoms with Crippen molar-refractivity contribution in [2.75, 3.05) is 35.0 Å². The summed E-state index contributed by atoms with van der Waals surface area (Å²) in [6.07, 6.45) is -0.0741. The predicted molar refractivity (Wildman–Crippen MR) is 126 cm³/mol. The van der Waals surface area contributed by atoms with Crippen LogP contribution >= 0.6 is 0 Å². The van der Waals surface area contributed by atoms with Gasteiger partial charge in [0.2, 0.25) is 0 Å². The molecular formula is C27H28O9. The number of carbonyl (C=O) groups excluding carboxylic acids is 3. The summed E-state index contributed by atoms with van der Waals surface area (Å²) in [6, 6.07) is 12.5. The molecule has 0 unspecified atom stereocenters. The Labute approximate surface area is 208 Å². The van der Waals surface area contributed by atoms with E-state index in [1.54, 1.807) is 43.3 Å². The van der Waals surface area contributed by atoms with E-state index in [9.17, 15) is 14.4 Å². The third kappa shape index (κ3) is 3.53. The van der Waals surface area contributed by atoms with Crippen molar-refractivity contribution < 1.29 is 42.8 Å². The highest BCUT2D eigenvalue weighted by Crippen LogP contribution is 2.66. The maximum Gasteiger partial charge on any atom is 0.338 e. The number of benzene rings is 2. The molecule has 0 N–H and O–H groups in total. The van der Waals surface area contributed by atoms with Gasteiger partial charge in [-0.2, -0.15) is 0 Å². The van der Waals surface area contributed by atoms with E-state index in [-0.39, 0.29) is 30.6 Å². The van der Waals surface area contributed by atoms with Gasteiger partial charge in [0.05, 0.1) is 46.2 Å². The SMILES string of the molecule is CCOC(=O)CC[C@]12O[C@](c3ccccc3)(C(C(=O)OC)=C1C(=O)OC)c1cc(OC)c(OC)cc12. The van der Waals surface area contributed by atoms with Crippen molar-refractivity contribution in [1.82, 2.24) is 0 Å². The number of hydrogen-bond acceptors (Lipinski definition) is 9. The Kier molecular flexibility index (Phi) is 6.77. The van der Waals surface area contributed by atoms with Crippen LogP contribution in [0.5, 0.6) is 11.5 Å². The zero-order valence-electron chi connectivity index (χ0n) is 20.8. The van der Waals surface area contributed by atoms with Gasteiger partial charge in [-0.15, -0.1) is 0 Å². The summed E-state index contributed by atoms with van der Waals surface area (Å²) in [5.41, 5.74) is -1.35. The second kappa shape index (κ2) is 9.66. The number of carbonyl (C=O) groups is 3. The molecule has 0 saturated carbocycles. The van der Waals surface area contributed by atoms with E-state index >= 15 is 0 Å². The van der Waals surface area contributed by atoms with Gasteiger partial charge in [0, 0.05) is 12.0 Å². The summed E-state index contributed by atoms with van der Waals surface area (Å²) >= 11 is 0. The van der Waals surface area contributed by atoms with Gasteiger partial charge in [-0.05, 0) is 36.6 Å². The van der Waals surface area contributed by atoms with Crippen molar-refractivity contribution in [1.29, 1.82) is 0 Å². The van der Waals surface area contributed by atoms with Crippen LogP contribution < -0.4 is 9.47 Å². The molecule has 9 nitrogen and oxygen atoms in total.